The standard InChI is InChI=1S/C21H19F2N3O/c1-2-26(14-15-6-4-3-5-7-15)21(27)16-10-18(13-24-12-16)25-20-9-8-17(22)11-19(20)23/h3-13,25H,2,14H2,1H3. The van der Waals surface area contributed by atoms with Gasteiger partial charge in [-0.05, 0) is 30.7 Å². The third kappa shape index (κ3) is 4.67. The number of hydrogen-bond donors (Lipinski definition) is 1. The minimum atomic E-state index is -0.717. The summed E-state index contributed by atoms with van der Waals surface area (Å²) in [6.07, 6.45) is 2.95. The highest BCUT2D eigenvalue weighted by Gasteiger charge is 2.16. The monoisotopic (exact) mass is 367 g/mol. The van der Waals surface area contributed by atoms with Crippen LogP contribution in [0.4, 0.5) is 20.2 Å². The van der Waals surface area contributed by atoms with Crippen molar-refractivity contribution in [2.45, 2.75) is 13.5 Å². The molecule has 0 aliphatic heterocycles. The van der Waals surface area contributed by atoms with Crippen LogP contribution in [0.3, 0.4) is 0 Å². The Morgan fingerprint density at radius 2 is 1.85 bits per heavy atom. The number of halogens is 2. The molecule has 6 heteroatoms. The highest BCUT2D eigenvalue weighted by molar-refractivity contribution is 5.94. The molecular weight excluding hydrogens is 348 g/mol. The number of rotatable bonds is 6. The van der Waals surface area contributed by atoms with Gasteiger partial charge in [0.25, 0.3) is 5.91 Å². The number of carbonyl (C=O) groups is 1. The molecule has 0 radical (unpaired) electrons. The molecule has 3 aromatic rings. The Morgan fingerprint density at radius 3 is 2.56 bits per heavy atom. The predicted molar refractivity (Wildman–Crippen MR) is 101 cm³/mol. The lowest BCUT2D eigenvalue weighted by molar-refractivity contribution is 0.0752. The molecule has 1 aromatic heterocycles. The van der Waals surface area contributed by atoms with E-state index < -0.39 is 11.6 Å². The summed E-state index contributed by atoms with van der Waals surface area (Å²) in [6, 6.07) is 14.6. The van der Waals surface area contributed by atoms with E-state index in [4.69, 9.17) is 0 Å². The number of aromatic nitrogens is 1. The molecule has 0 unspecified atom stereocenters. The summed E-state index contributed by atoms with van der Waals surface area (Å²) in [4.78, 5) is 18.6. The van der Waals surface area contributed by atoms with E-state index in [2.05, 4.69) is 10.3 Å². The number of pyridine rings is 1. The number of amides is 1. The molecule has 1 amide bonds. The van der Waals surface area contributed by atoms with E-state index in [1.165, 1.54) is 18.5 Å². The molecule has 0 saturated carbocycles. The summed E-state index contributed by atoms with van der Waals surface area (Å²) >= 11 is 0. The van der Waals surface area contributed by atoms with Gasteiger partial charge in [0.2, 0.25) is 0 Å². The molecule has 1 heterocycles. The smallest absolute Gasteiger partial charge is 0.255 e. The summed E-state index contributed by atoms with van der Waals surface area (Å²) in [5.74, 6) is -1.54. The minimum absolute atomic E-state index is 0.111. The Hall–Kier alpha value is -3.28. The van der Waals surface area contributed by atoms with Crippen molar-refractivity contribution >= 4 is 17.3 Å². The maximum absolute atomic E-state index is 13.8. The van der Waals surface area contributed by atoms with E-state index >= 15 is 0 Å². The molecule has 3 rings (SSSR count). The first-order valence-electron chi connectivity index (χ1n) is 8.57. The van der Waals surface area contributed by atoms with Gasteiger partial charge in [0.15, 0.2) is 0 Å². The molecule has 0 aliphatic carbocycles. The van der Waals surface area contributed by atoms with Gasteiger partial charge < -0.3 is 10.2 Å². The molecule has 0 bridgehead atoms. The van der Waals surface area contributed by atoms with Crippen LogP contribution in [0.2, 0.25) is 0 Å². The fourth-order valence-corrected chi connectivity index (χ4v) is 2.69. The lowest BCUT2D eigenvalue weighted by Crippen LogP contribution is -2.30. The zero-order valence-electron chi connectivity index (χ0n) is 14.8. The lowest BCUT2D eigenvalue weighted by Gasteiger charge is -2.21. The van der Waals surface area contributed by atoms with Crippen LogP contribution in [-0.2, 0) is 6.54 Å². The minimum Gasteiger partial charge on any atom is -0.352 e. The molecule has 138 valence electrons. The second-order valence-electron chi connectivity index (χ2n) is 6.02. The third-order valence-corrected chi connectivity index (χ3v) is 4.08. The van der Waals surface area contributed by atoms with Crippen LogP contribution in [0.5, 0.6) is 0 Å². The van der Waals surface area contributed by atoms with Gasteiger partial charge in [-0.15, -0.1) is 0 Å². The Balaban J connectivity index is 1.78. The Kier molecular flexibility index (Phi) is 5.76. The second kappa shape index (κ2) is 8.40. The Bertz CT molecular complexity index is 932. The number of nitrogens with zero attached hydrogens (tertiary/aromatic N) is 2. The van der Waals surface area contributed by atoms with E-state index in [0.717, 1.165) is 17.7 Å². The number of hydrogen-bond acceptors (Lipinski definition) is 3. The average molecular weight is 367 g/mol. The summed E-state index contributed by atoms with van der Waals surface area (Å²) in [7, 11) is 0. The van der Waals surface area contributed by atoms with Crippen LogP contribution in [0, 0.1) is 11.6 Å². The lowest BCUT2D eigenvalue weighted by atomic mass is 10.1. The van der Waals surface area contributed by atoms with E-state index in [9.17, 15) is 13.6 Å². The predicted octanol–water partition coefficient (Wildman–Crippen LogP) is 4.77. The number of anilines is 2. The van der Waals surface area contributed by atoms with Crippen LogP contribution < -0.4 is 5.32 Å². The fraction of sp³-hybridized carbons (Fsp3) is 0.143. The van der Waals surface area contributed by atoms with E-state index in [1.807, 2.05) is 37.3 Å². The summed E-state index contributed by atoms with van der Waals surface area (Å²) in [6.45, 7) is 2.93. The van der Waals surface area contributed by atoms with Crippen molar-refractivity contribution in [1.82, 2.24) is 9.88 Å². The van der Waals surface area contributed by atoms with Gasteiger partial charge in [0, 0.05) is 25.4 Å². The van der Waals surface area contributed by atoms with Gasteiger partial charge in [-0.2, -0.15) is 0 Å². The first kappa shape index (κ1) is 18.5. The van der Waals surface area contributed by atoms with Gasteiger partial charge in [-0.1, -0.05) is 30.3 Å². The first-order chi connectivity index (χ1) is 13.1. The molecular formula is C21H19F2N3O. The van der Waals surface area contributed by atoms with Crippen molar-refractivity contribution in [3.05, 3.63) is 89.8 Å². The zero-order chi connectivity index (χ0) is 19.2. The first-order valence-corrected chi connectivity index (χ1v) is 8.57. The Morgan fingerprint density at radius 1 is 1.07 bits per heavy atom. The molecule has 1 N–H and O–H groups in total. The largest absolute Gasteiger partial charge is 0.352 e. The van der Waals surface area contributed by atoms with Gasteiger partial charge in [0.1, 0.15) is 11.6 Å². The van der Waals surface area contributed by atoms with Crippen molar-refractivity contribution in [2.24, 2.45) is 0 Å². The molecule has 0 fully saturated rings. The van der Waals surface area contributed by atoms with Crippen molar-refractivity contribution in [1.29, 1.82) is 0 Å². The van der Waals surface area contributed by atoms with Crippen molar-refractivity contribution in [3.63, 3.8) is 0 Å². The molecule has 4 nitrogen and oxygen atoms in total. The van der Waals surface area contributed by atoms with Crippen molar-refractivity contribution in [3.8, 4) is 0 Å². The number of benzene rings is 2. The van der Waals surface area contributed by atoms with Crippen molar-refractivity contribution in [2.75, 3.05) is 11.9 Å². The second-order valence-corrected chi connectivity index (χ2v) is 6.02. The SMILES string of the molecule is CCN(Cc1ccccc1)C(=O)c1cncc(Nc2ccc(F)cc2F)c1. The topological polar surface area (TPSA) is 45.2 Å². The van der Waals surface area contributed by atoms with Crippen LogP contribution in [0.1, 0.15) is 22.8 Å². The highest BCUT2D eigenvalue weighted by atomic mass is 19.1. The molecule has 0 saturated heterocycles. The molecule has 0 spiro atoms. The van der Waals surface area contributed by atoms with Gasteiger partial charge >= 0.3 is 0 Å². The molecule has 0 aliphatic rings. The maximum atomic E-state index is 13.8. The summed E-state index contributed by atoms with van der Waals surface area (Å²) in [5, 5.41) is 2.83. The van der Waals surface area contributed by atoms with Crippen LogP contribution in [-0.4, -0.2) is 22.3 Å². The van der Waals surface area contributed by atoms with Gasteiger partial charge in [-0.3, -0.25) is 9.78 Å². The normalized spacial score (nSPS) is 10.5. The highest BCUT2D eigenvalue weighted by Crippen LogP contribution is 2.21. The number of nitrogens with one attached hydrogen (secondary N) is 1. The average Bonchev–Trinajstić information content (AvgIpc) is 2.69. The van der Waals surface area contributed by atoms with Gasteiger partial charge in [-0.25, -0.2) is 8.78 Å². The third-order valence-electron chi connectivity index (χ3n) is 4.08. The molecule has 2 aromatic carbocycles. The van der Waals surface area contributed by atoms with Crippen molar-refractivity contribution < 1.29 is 13.6 Å². The maximum Gasteiger partial charge on any atom is 0.255 e. The molecule has 0 atom stereocenters. The Labute approximate surface area is 156 Å². The van der Waals surface area contributed by atoms with E-state index in [-0.39, 0.29) is 11.6 Å². The van der Waals surface area contributed by atoms with Crippen LogP contribution >= 0.6 is 0 Å². The van der Waals surface area contributed by atoms with Crippen LogP contribution in [0.15, 0.2) is 67.0 Å². The van der Waals surface area contributed by atoms with Crippen LogP contribution in [0.25, 0.3) is 0 Å². The van der Waals surface area contributed by atoms with E-state index in [0.29, 0.717) is 24.3 Å². The quantitative estimate of drug-likeness (QED) is 0.683. The number of carbonyl (C=O) groups excluding carboxylic acids is 1. The fourth-order valence-electron chi connectivity index (χ4n) is 2.69. The van der Waals surface area contributed by atoms with E-state index in [1.54, 1.807) is 11.0 Å². The summed E-state index contributed by atoms with van der Waals surface area (Å²) in [5.41, 5.74) is 1.98. The van der Waals surface area contributed by atoms with Gasteiger partial charge in [0.05, 0.1) is 23.1 Å². The summed E-state index contributed by atoms with van der Waals surface area (Å²) < 4.78 is 26.9. The molecule has 27 heavy (non-hydrogen) atoms. The zero-order valence-corrected chi connectivity index (χ0v) is 14.8.